The normalized spacial score (nSPS) is 12.4. The van der Waals surface area contributed by atoms with E-state index in [0.717, 1.165) is 5.56 Å². The topological polar surface area (TPSA) is 63.3 Å². The molecule has 0 spiro atoms. The van der Waals surface area contributed by atoms with Gasteiger partial charge in [0.05, 0.1) is 0 Å². The molecule has 0 saturated heterocycles. The van der Waals surface area contributed by atoms with Gasteiger partial charge in [0.2, 0.25) is 0 Å². The van der Waals surface area contributed by atoms with E-state index in [9.17, 15) is 9.18 Å². The summed E-state index contributed by atoms with van der Waals surface area (Å²) in [7, 11) is 0. The lowest BCUT2D eigenvalue weighted by atomic mass is 10.0. The van der Waals surface area contributed by atoms with Gasteiger partial charge in [-0.05, 0) is 37.0 Å². The summed E-state index contributed by atoms with van der Waals surface area (Å²) >= 11 is 0. The maximum Gasteiger partial charge on any atom is 0.303 e. The lowest BCUT2D eigenvalue weighted by Gasteiger charge is -2.10. The molecule has 1 unspecified atom stereocenters. The summed E-state index contributed by atoms with van der Waals surface area (Å²) in [6, 6.07) is 4.65. The predicted octanol–water partition coefficient (Wildman–Crippen LogP) is 1.87. The second-order valence-corrected chi connectivity index (χ2v) is 3.98. The maximum atomic E-state index is 13.0. The molecule has 0 aliphatic heterocycles. The average Bonchev–Trinajstić information content (AvgIpc) is 2.21. The molecule has 88 valence electrons. The van der Waals surface area contributed by atoms with E-state index in [1.54, 1.807) is 19.1 Å². The molecule has 0 bridgehead atoms. The Morgan fingerprint density at radius 3 is 2.81 bits per heavy atom. The molecule has 3 N–H and O–H groups in total. The SMILES string of the molecule is Cc1cc(CC(N)CCC(=O)O)ccc1F. The van der Waals surface area contributed by atoms with Crippen molar-refractivity contribution in [3.63, 3.8) is 0 Å². The molecule has 0 saturated carbocycles. The Labute approximate surface area is 94.1 Å². The number of carbonyl (C=O) groups is 1. The van der Waals surface area contributed by atoms with E-state index in [4.69, 9.17) is 10.8 Å². The molecule has 1 atom stereocenters. The number of rotatable bonds is 5. The van der Waals surface area contributed by atoms with Gasteiger partial charge in [-0.2, -0.15) is 0 Å². The summed E-state index contributed by atoms with van der Waals surface area (Å²) in [6.45, 7) is 1.70. The number of aryl methyl sites for hydroxylation is 1. The van der Waals surface area contributed by atoms with Crippen LogP contribution in [0.5, 0.6) is 0 Å². The van der Waals surface area contributed by atoms with Crippen LogP contribution >= 0.6 is 0 Å². The van der Waals surface area contributed by atoms with Crippen molar-refractivity contribution in [2.75, 3.05) is 0 Å². The summed E-state index contributed by atoms with van der Waals surface area (Å²) in [5.41, 5.74) is 7.31. The monoisotopic (exact) mass is 225 g/mol. The fourth-order valence-electron chi connectivity index (χ4n) is 1.55. The van der Waals surface area contributed by atoms with Gasteiger partial charge in [0.15, 0.2) is 0 Å². The number of carboxylic acid groups (broad SMARTS) is 1. The Balaban J connectivity index is 2.52. The highest BCUT2D eigenvalue weighted by Gasteiger charge is 2.08. The molecule has 0 fully saturated rings. The van der Waals surface area contributed by atoms with Crippen LogP contribution in [0.3, 0.4) is 0 Å². The van der Waals surface area contributed by atoms with Crippen molar-refractivity contribution in [1.82, 2.24) is 0 Å². The standard InChI is InChI=1S/C12H16FNO2/c1-8-6-9(2-4-11(8)13)7-10(14)3-5-12(15)16/h2,4,6,10H,3,5,7,14H2,1H3,(H,15,16). The molecule has 1 aromatic carbocycles. The molecule has 1 aromatic rings. The first-order valence-electron chi connectivity index (χ1n) is 5.21. The third-order valence-corrected chi connectivity index (χ3v) is 2.45. The van der Waals surface area contributed by atoms with Crippen LogP contribution in [-0.2, 0) is 11.2 Å². The Hall–Kier alpha value is -1.42. The summed E-state index contributed by atoms with van der Waals surface area (Å²) in [5.74, 6) is -1.08. The fraction of sp³-hybridized carbons (Fsp3) is 0.417. The molecule has 0 aliphatic carbocycles. The first kappa shape index (κ1) is 12.6. The smallest absolute Gasteiger partial charge is 0.303 e. The molecule has 0 radical (unpaired) electrons. The van der Waals surface area contributed by atoms with Gasteiger partial charge in [-0.15, -0.1) is 0 Å². The van der Waals surface area contributed by atoms with Crippen LogP contribution in [0, 0.1) is 12.7 Å². The first-order valence-corrected chi connectivity index (χ1v) is 5.21. The van der Waals surface area contributed by atoms with Gasteiger partial charge in [-0.25, -0.2) is 4.39 Å². The summed E-state index contributed by atoms with van der Waals surface area (Å²) in [6.07, 6.45) is 1.08. The largest absolute Gasteiger partial charge is 0.481 e. The minimum Gasteiger partial charge on any atom is -0.481 e. The van der Waals surface area contributed by atoms with Crippen molar-refractivity contribution < 1.29 is 14.3 Å². The zero-order valence-electron chi connectivity index (χ0n) is 9.24. The molecule has 16 heavy (non-hydrogen) atoms. The van der Waals surface area contributed by atoms with Crippen LogP contribution in [0.25, 0.3) is 0 Å². The number of nitrogens with two attached hydrogens (primary N) is 1. The van der Waals surface area contributed by atoms with Crippen LogP contribution < -0.4 is 5.73 Å². The van der Waals surface area contributed by atoms with E-state index in [1.165, 1.54) is 6.07 Å². The van der Waals surface area contributed by atoms with Gasteiger partial charge in [-0.3, -0.25) is 4.79 Å². The second kappa shape index (κ2) is 5.61. The number of halogens is 1. The molecule has 0 amide bonds. The van der Waals surface area contributed by atoms with Crippen molar-refractivity contribution in [2.45, 2.75) is 32.2 Å². The second-order valence-electron chi connectivity index (χ2n) is 3.98. The van der Waals surface area contributed by atoms with Crippen molar-refractivity contribution in [2.24, 2.45) is 5.73 Å². The molecule has 3 nitrogen and oxygen atoms in total. The third-order valence-electron chi connectivity index (χ3n) is 2.45. The van der Waals surface area contributed by atoms with Gasteiger partial charge in [0, 0.05) is 12.5 Å². The summed E-state index contributed by atoms with van der Waals surface area (Å²) in [4.78, 5) is 10.3. The number of benzene rings is 1. The predicted molar refractivity (Wildman–Crippen MR) is 59.7 cm³/mol. The number of hydrogen-bond acceptors (Lipinski definition) is 2. The average molecular weight is 225 g/mol. The number of hydrogen-bond donors (Lipinski definition) is 2. The molecule has 0 aromatic heterocycles. The summed E-state index contributed by atoms with van der Waals surface area (Å²) < 4.78 is 13.0. The van der Waals surface area contributed by atoms with Crippen LogP contribution in [0.1, 0.15) is 24.0 Å². The van der Waals surface area contributed by atoms with Crippen molar-refractivity contribution in [3.05, 3.63) is 35.1 Å². The highest BCUT2D eigenvalue weighted by atomic mass is 19.1. The minimum atomic E-state index is -0.842. The maximum absolute atomic E-state index is 13.0. The molecule has 4 heteroatoms. The zero-order valence-corrected chi connectivity index (χ0v) is 9.24. The molecule has 0 heterocycles. The molecular formula is C12H16FNO2. The van der Waals surface area contributed by atoms with Crippen molar-refractivity contribution >= 4 is 5.97 Å². The van der Waals surface area contributed by atoms with Crippen molar-refractivity contribution in [1.29, 1.82) is 0 Å². The molecular weight excluding hydrogens is 209 g/mol. The zero-order chi connectivity index (χ0) is 12.1. The van der Waals surface area contributed by atoms with Gasteiger partial charge in [0.1, 0.15) is 5.82 Å². The number of aliphatic carboxylic acids is 1. The van der Waals surface area contributed by atoms with E-state index in [2.05, 4.69) is 0 Å². The van der Waals surface area contributed by atoms with Crippen LogP contribution in [0.4, 0.5) is 4.39 Å². The number of carboxylic acids is 1. The van der Waals surface area contributed by atoms with Gasteiger partial charge >= 0.3 is 5.97 Å². The lowest BCUT2D eigenvalue weighted by Crippen LogP contribution is -2.23. The Morgan fingerprint density at radius 2 is 2.25 bits per heavy atom. The minimum absolute atomic E-state index is 0.0708. The summed E-state index contributed by atoms with van der Waals surface area (Å²) in [5, 5.41) is 8.50. The van der Waals surface area contributed by atoms with Crippen molar-refractivity contribution in [3.8, 4) is 0 Å². The molecule has 1 rings (SSSR count). The third kappa shape index (κ3) is 3.98. The highest BCUT2D eigenvalue weighted by molar-refractivity contribution is 5.66. The van der Waals surface area contributed by atoms with E-state index in [0.29, 0.717) is 18.4 Å². The van der Waals surface area contributed by atoms with Crippen LogP contribution in [0.2, 0.25) is 0 Å². The Bertz CT molecular complexity index is 379. The van der Waals surface area contributed by atoms with E-state index in [-0.39, 0.29) is 18.3 Å². The van der Waals surface area contributed by atoms with E-state index in [1.807, 2.05) is 0 Å². The Morgan fingerprint density at radius 1 is 1.56 bits per heavy atom. The van der Waals surface area contributed by atoms with E-state index < -0.39 is 5.97 Å². The van der Waals surface area contributed by atoms with Crippen LogP contribution in [0.15, 0.2) is 18.2 Å². The first-order chi connectivity index (χ1) is 7.49. The van der Waals surface area contributed by atoms with Gasteiger partial charge in [-0.1, -0.05) is 12.1 Å². The van der Waals surface area contributed by atoms with Crippen LogP contribution in [-0.4, -0.2) is 17.1 Å². The molecule has 0 aliphatic rings. The lowest BCUT2D eigenvalue weighted by molar-refractivity contribution is -0.137. The fourth-order valence-corrected chi connectivity index (χ4v) is 1.55. The quantitative estimate of drug-likeness (QED) is 0.804. The van der Waals surface area contributed by atoms with Gasteiger partial charge < -0.3 is 10.8 Å². The van der Waals surface area contributed by atoms with Gasteiger partial charge in [0.25, 0.3) is 0 Å². The van der Waals surface area contributed by atoms with E-state index >= 15 is 0 Å². The highest BCUT2D eigenvalue weighted by Crippen LogP contribution is 2.12. The Kier molecular flexibility index (Phi) is 4.43.